The van der Waals surface area contributed by atoms with Crippen LogP contribution < -0.4 is 0 Å². The molecule has 2 atom stereocenters. The molecule has 4 rings (SSSR count). The van der Waals surface area contributed by atoms with Gasteiger partial charge in [0.15, 0.2) is 15.0 Å². The number of hydrogen-bond acceptors (Lipinski definition) is 5. The predicted octanol–water partition coefficient (Wildman–Crippen LogP) is 4.28. The van der Waals surface area contributed by atoms with E-state index in [0.29, 0.717) is 6.42 Å². The summed E-state index contributed by atoms with van der Waals surface area (Å²) < 4.78 is 25.8. The van der Waals surface area contributed by atoms with E-state index in [2.05, 4.69) is 41.6 Å². The van der Waals surface area contributed by atoms with Crippen LogP contribution in [0, 0.1) is 13.8 Å². The molecule has 0 radical (unpaired) electrons. The van der Waals surface area contributed by atoms with Gasteiger partial charge in [0.25, 0.3) is 0 Å². The molecule has 0 bridgehead atoms. The molecule has 1 aliphatic heterocycles. The normalized spacial score (nSPS) is 18.2. The average Bonchev–Trinajstić information content (AvgIpc) is 3.35. The van der Waals surface area contributed by atoms with E-state index in [0.717, 1.165) is 33.2 Å². The number of aryl methyl sites for hydroxylation is 2. The number of rotatable bonds is 6. The molecule has 0 unspecified atom stereocenters. The first-order valence-electron chi connectivity index (χ1n) is 11.0. The second-order valence-corrected chi connectivity index (χ2v) is 12.3. The van der Waals surface area contributed by atoms with Crippen molar-refractivity contribution in [3.8, 4) is 16.9 Å². The Balaban J connectivity index is 1.66. The van der Waals surface area contributed by atoms with Crippen molar-refractivity contribution in [3.05, 3.63) is 65.9 Å². The van der Waals surface area contributed by atoms with E-state index < -0.39 is 15.1 Å². The van der Waals surface area contributed by atoms with E-state index in [-0.39, 0.29) is 23.5 Å². The third-order valence-electron chi connectivity index (χ3n) is 6.00. The van der Waals surface area contributed by atoms with Crippen LogP contribution in [-0.4, -0.2) is 58.6 Å². The van der Waals surface area contributed by atoms with Gasteiger partial charge in [-0.3, -0.25) is 9.36 Å². The number of hydrogen-bond donors (Lipinski definition) is 0. The van der Waals surface area contributed by atoms with Gasteiger partial charge in [0.1, 0.15) is 0 Å². The Morgan fingerprint density at radius 3 is 2.42 bits per heavy atom. The lowest BCUT2D eigenvalue weighted by atomic mass is 10.1. The van der Waals surface area contributed by atoms with Gasteiger partial charge in [-0.25, -0.2) is 13.4 Å². The molecule has 0 aliphatic carbocycles. The zero-order valence-corrected chi connectivity index (χ0v) is 21.0. The largest absolute Gasteiger partial charge is 0.341 e. The molecule has 6 nitrogen and oxygen atoms in total. The lowest BCUT2D eigenvalue weighted by Crippen LogP contribution is -2.41. The standard InChI is InChI=1S/C25H29N3O3S2/c1-17-12-18(2)14-22(13-17)28-23(20-8-6-5-7-9-20)15-26-25(28)32-19(3)24(29)27(4)21-10-11-33(30,31)16-21/h5-9,12-15,19,21H,10-11,16H2,1-4H3/t19-,21-/m1/s1. The molecule has 0 spiro atoms. The van der Waals surface area contributed by atoms with Crippen molar-refractivity contribution >= 4 is 27.5 Å². The molecule has 0 saturated carbocycles. The van der Waals surface area contributed by atoms with Gasteiger partial charge < -0.3 is 4.90 Å². The molecular weight excluding hydrogens is 454 g/mol. The first kappa shape index (κ1) is 23.6. The van der Waals surface area contributed by atoms with Gasteiger partial charge in [-0.05, 0) is 50.5 Å². The Kier molecular flexibility index (Phi) is 6.68. The molecule has 1 saturated heterocycles. The summed E-state index contributed by atoms with van der Waals surface area (Å²) in [6.07, 6.45) is 2.34. The summed E-state index contributed by atoms with van der Waals surface area (Å²) >= 11 is 1.40. The quantitative estimate of drug-likeness (QED) is 0.489. The fourth-order valence-electron chi connectivity index (χ4n) is 4.32. The van der Waals surface area contributed by atoms with Crippen molar-refractivity contribution < 1.29 is 13.2 Å². The number of benzene rings is 2. The van der Waals surface area contributed by atoms with Crippen molar-refractivity contribution in [1.82, 2.24) is 14.5 Å². The van der Waals surface area contributed by atoms with Crippen molar-refractivity contribution in [2.75, 3.05) is 18.6 Å². The second kappa shape index (κ2) is 9.35. The van der Waals surface area contributed by atoms with Crippen LogP contribution in [0.4, 0.5) is 0 Å². The Morgan fingerprint density at radius 1 is 1.15 bits per heavy atom. The topological polar surface area (TPSA) is 72.3 Å². The van der Waals surface area contributed by atoms with Crippen molar-refractivity contribution in [1.29, 1.82) is 0 Å². The van der Waals surface area contributed by atoms with Crippen molar-refractivity contribution in [2.45, 2.75) is 43.6 Å². The van der Waals surface area contributed by atoms with Crippen LogP contribution in [0.5, 0.6) is 0 Å². The van der Waals surface area contributed by atoms with Gasteiger partial charge in [-0.2, -0.15) is 0 Å². The van der Waals surface area contributed by atoms with Gasteiger partial charge in [0.2, 0.25) is 5.91 Å². The Morgan fingerprint density at radius 2 is 1.82 bits per heavy atom. The number of amides is 1. The molecule has 33 heavy (non-hydrogen) atoms. The molecule has 2 heterocycles. The number of sulfone groups is 1. The maximum atomic E-state index is 13.2. The van der Waals surface area contributed by atoms with E-state index in [1.54, 1.807) is 11.9 Å². The summed E-state index contributed by atoms with van der Waals surface area (Å²) in [5.74, 6) is 0.106. The van der Waals surface area contributed by atoms with Crippen LogP contribution in [0.3, 0.4) is 0 Å². The second-order valence-electron chi connectivity index (χ2n) is 8.74. The summed E-state index contributed by atoms with van der Waals surface area (Å²) in [4.78, 5) is 19.4. The van der Waals surface area contributed by atoms with Crippen LogP contribution in [0.15, 0.2) is 59.9 Å². The minimum atomic E-state index is -3.05. The number of aromatic nitrogens is 2. The molecule has 3 aromatic rings. The lowest BCUT2D eigenvalue weighted by Gasteiger charge is -2.26. The highest BCUT2D eigenvalue weighted by molar-refractivity contribution is 8.00. The Hall–Kier alpha value is -2.58. The summed E-state index contributed by atoms with van der Waals surface area (Å²) in [5.41, 5.74) is 5.31. The maximum Gasteiger partial charge on any atom is 0.235 e. The fourth-order valence-corrected chi connectivity index (χ4v) is 7.10. The van der Waals surface area contributed by atoms with Crippen molar-refractivity contribution in [3.63, 3.8) is 0 Å². The smallest absolute Gasteiger partial charge is 0.235 e. The van der Waals surface area contributed by atoms with Gasteiger partial charge >= 0.3 is 0 Å². The third-order valence-corrected chi connectivity index (χ3v) is 8.80. The highest BCUT2D eigenvalue weighted by Gasteiger charge is 2.34. The van der Waals surface area contributed by atoms with Crippen LogP contribution in [-0.2, 0) is 14.6 Å². The molecule has 8 heteroatoms. The zero-order chi connectivity index (χ0) is 23.8. The van der Waals surface area contributed by atoms with Gasteiger partial charge in [0.05, 0.1) is 28.6 Å². The van der Waals surface area contributed by atoms with E-state index >= 15 is 0 Å². The van der Waals surface area contributed by atoms with E-state index in [1.807, 2.05) is 43.5 Å². The lowest BCUT2D eigenvalue weighted by molar-refractivity contribution is -0.130. The minimum Gasteiger partial charge on any atom is -0.341 e. The Labute approximate surface area is 199 Å². The summed E-state index contributed by atoms with van der Waals surface area (Å²) in [6, 6.07) is 16.2. The average molecular weight is 484 g/mol. The maximum absolute atomic E-state index is 13.2. The fraction of sp³-hybridized carbons (Fsp3) is 0.360. The SMILES string of the molecule is Cc1cc(C)cc(-n2c(-c3ccccc3)cnc2S[C@H](C)C(=O)N(C)[C@@H]2CCS(=O)(=O)C2)c1. The van der Waals surface area contributed by atoms with E-state index in [1.165, 1.54) is 11.8 Å². The van der Waals surface area contributed by atoms with Gasteiger partial charge in [-0.1, -0.05) is 48.2 Å². The number of carbonyl (C=O) groups excluding carboxylic acids is 1. The van der Waals surface area contributed by atoms with Crippen LogP contribution in [0.1, 0.15) is 24.5 Å². The molecule has 1 amide bonds. The monoisotopic (exact) mass is 483 g/mol. The first-order valence-corrected chi connectivity index (χ1v) is 13.7. The zero-order valence-electron chi connectivity index (χ0n) is 19.4. The van der Waals surface area contributed by atoms with Crippen LogP contribution in [0.25, 0.3) is 16.9 Å². The van der Waals surface area contributed by atoms with Crippen LogP contribution in [0.2, 0.25) is 0 Å². The molecule has 1 aliphatic rings. The predicted molar refractivity (Wildman–Crippen MR) is 134 cm³/mol. The highest BCUT2D eigenvalue weighted by Crippen LogP contribution is 2.33. The van der Waals surface area contributed by atoms with Crippen molar-refractivity contribution in [2.24, 2.45) is 0 Å². The number of carbonyl (C=O) groups is 1. The Bertz CT molecular complexity index is 1250. The minimum absolute atomic E-state index is 0.0436. The summed E-state index contributed by atoms with van der Waals surface area (Å²) in [6.45, 7) is 5.99. The molecule has 0 N–H and O–H groups in total. The van der Waals surface area contributed by atoms with E-state index in [4.69, 9.17) is 0 Å². The first-order chi connectivity index (χ1) is 15.6. The molecule has 174 valence electrons. The van der Waals surface area contributed by atoms with Gasteiger partial charge in [0, 0.05) is 24.3 Å². The molecule has 1 aromatic heterocycles. The third kappa shape index (κ3) is 5.17. The van der Waals surface area contributed by atoms with Gasteiger partial charge in [-0.15, -0.1) is 0 Å². The molecule has 1 fully saturated rings. The number of nitrogens with zero attached hydrogens (tertiary/aromatic N) is 3. The number of imidazole rings is 1. The summed E-state index contributed by atoms with van der Waals surface area (Å²) in [5, 5.41) is 0.320. The van der Waals surface area contributed by atoms with E-state index in [9.17, 15) is 13.2 Å². The number of thioether (sulfide) groups is 1. The summed E-state index contributed by atoms with van der Waals surface area (Å²) in [7, 11) is -1.35. The highest BCUT2D eigenvalue weighted by atomic mass is 32.2. The molecule has 2 aromatic carbocycles. The molecular formula is C25H29N3O3S2. The van der Waals surface area contributed by atoms with Crippen LogP contribution >= 0.6 is 11.8 Å².